The highest BCUT2D eigenvalue weighted by Gasteiger charge is 1.97. The first kappa shape index (κ1) is 23.0. The molecule has 0 radical (unpaired) electrons. The molecule has 1 aromatic heterocycles. The van der Waals surface area contributed by atoms with E-state index in [1.54, 1.807) is 0 Å². The van der Waals surface area contributed by atoms with Gasteiger partial charge >= 0.3 is 0 Å². The van der Waals surface area contributed by atoms with Crippen LogP contribution >= 0.6 is 15.9 Å². The number of unbranched alkanes of at least 4 members (excludes halogenated alkanes) is 7. The van der Waals surface area contributed by atoms with E-state index in [4.69, 9.17) is 10.3 Å². The Morgan fingerprint density at radius 3 is 2.14 bits per heavy atom. The van der Waals surface area contributed by atoms with Crippen molar-refractivity contribution >= 4 is 28.1 Å². The second kappa shape index (κ2) is 14.7. The number of halogens is 1. The third-order valence-corrected chi connectivity index (χ3v) is 5.09. The van der Waals surface area contributed by atoms with Gasteiger partial charge in [-0.25, -0.2) is 4.98 Å². The van der Waals surface area contributed by atoms with Crippen molar-refractivity contribution in [2.24, 2.45) is 5.11 Å². The molecule has 0 fully saturated rings. The van der Waals surface area contributed by atoms with Crippen molar-refractivity contribution in [1.82, 2.24) is 4.98 Å². The Kier molecular flexibility index (Phi) is 11.6. The van der Waals surface area contributed by atoms with Crippen LogP contribution in [0.2, 0.25) is 0 Å². The lowest BCUT2D eigenvalue weighted by molar-refractivity contribution is 0.293. The summed E-state index contributed by atoms with van der Waals surface area (Å²) < 4.78 is 6.82. The molecule has 0 unspecified atom stereocenters. The molecule has 29 heavy (non-hydrogen) atoms. The fourth-order valence-electron chi connectivity index (χ4n) is 2.91. The van der Waals surface area contributed by atoms with Gasteiger partial charge in [0.1, 0.15) is 0 Å². The lowest BCUT2D eigenvalue weighted by atomic mass is 10.1. The topological polar surface area (TPSA) is 70.9 Å². The smallest absolute Gasteiger partial charge is 0.213 e. The number of hydrogen-bond acceptors (Lipinski definition) is 3. The van der Waals surface area contributed by atoms with E-state index in [-0.39, 0.29) is 0 Å². The number of ether oxygens (including phenoxy) is 1. The maximum absolute atomic E-state index is 8.20. The molecule has 154 valence electrons. The van der Waals surface area contributed by atoms with Gasteiger partial charge in [-0.2, -0.15) is 0 Å². The minimum Gasteiger partial charge on any atom is -0.478 e. The maximum atomic E-state index is 8.20. The average molecular weight is 457 g/mol. The van der Waals surface area contributed by atoms with Crippen molar-refractivity contribution in [2.75, 3.05) is 13.2 Å². The Morgan fingerprint density at radius 2 is 1.48 bits per heavy atom. The van der Waals surface area contributed by atoms with E-state index < -0.39 is 0 Å². The highest BCUT2D eigenvalue weighted by molar-refractivity contribution is 9.10. The molecule has 2 rings (SSSR count). The van der Waals surface area contributed by atoms with Crippen LogP contribution in [0.5, 0.6) is 5.88 Å². The van der Waals surface area contributed by atoms with E-state index >= 15 is 0 Å². The molecule has 0 aliphatic heterocycles. The second-order valence-electron chi connectivity index (χ2n) is 6.95. The molecule has 5 nitrogen and oxygen atoms in total. The number of aromatic nitrogens is 1. The van der Waals surface area contributed by atoms with Gasteiger partial charge in [0.2, 0.25) is 5.88 Å². The first-order valence-corrected chi connectivity index (χ1v) is 11.1. The molecule has 0 saturated carbocycles. The van der Waals surface area contributed by atoms with E-state index in [1.807, 2.05) is 30.5 Å². The summed E-state index contributed by atoms with van der Waals surface area (Å²) in [7, 11) is 0. The molecule has 0 atom stereocenters. The fraction of sp³-hybridized carbons (Fsp3) is 0.435. The molecule has 0 N–H and O–H groups in total. The summed E-state index contributed by atoms with van der Waals surface area (Å²) >= 11 is 3.44. The van der Waals surface area contributed by atoms with Crippen molar-refractivity contribution in [1.29, 1.82) is 0 Å². The molecular formula is C23H29BrN4O. The minimum absolute atomic E-state index is 0.629. The lowest BCUT2D eigenvalue weighted by Crippen LogP contribution is -1.99. The SMILES string of the molecule is [N-]=[N+]=NCCCCCCCCCCOc1ccc(/C=C/c2ccc(Br)cc2)cn1. The lowest BCUT2D eigenvalue weighted by Gasteiger charge is -2.05. The molecule has 6 heteroatoms. The Labute approximate surface area is 182 Å². The number of rotatable bonds is 14. The molecular weight excluding hydrogens is 428 g/mol. The van der Waals surface area contributed by atoms with Crippen LogP contribution < -0.4 is 4.74 Å². The summed E-state index contributed by atoms with van der Waals surface area (Å²) in [5.74, 6) is 0.686. The summed E-state index contributed by atoms with van der Waals surface area (Å²) in [5.41, 5.74) is 10.4. The summed E-state index contributed by atoms with van der Waals surface area (Å²) in [6.07, 6.45) is 15.4. The third-order valence-electron chi connectivity index (χ3n) is 4.56. The van der Waals surface area contributed by atoms with Crippen molar-refractivity contribution in [3.63, 3.8) is 0 Å². The second-order valence-corrected chi connectivity index (χ2v) is 7.86. The largest absolute Gasteiger partial charge is 0.478 e. The normalized spacial score (nSPS) is 10.8. The van der Waals surface area contributed by atoms with Crippen LogP contribution in [0.3, 0.4) is 0 Å². The first-order chi connectivity index (χ1) is 14.3. The van der Waals surface area contributed by atoms with Crippen LogP contribution in [0.4, 0.5) is 0 Å². The van der Waals surface area contributed by atoms with E-state index in [0.717, 1.165) is 34.9 Å². The molecule has 0 aliphatic rings. The molecule has 1 heterocycles. The van der Waals surface area contributed by atoms with Crippen LogP contribution in [0.1, 0.15) is 62.5 Å². The molecule has 0 bridgehead atoms. The quantitative estimate of drug-likeness (QED) is 0.126. The molecule has 1 aromatic carbocycles. The first-order valence-electron chi connectivity index (χ1n) is 10.3. The van der Waals surface area contributed by atoms with Gasteiger partial charge in [-0.15, -0.1) is 0 Å². The van der Waals surface area contributed by atoms with Crippen LogP contribution in [-0.2, 0) is 0 Å². The zero-order chi connectivity index (χ0) is 20.6. The van der Waals surface area contributed by atoms with E-state index in [1.165, 1.54) is 32.1 Å². The molecule has 0 aliphatic carbocycles. The average Bonchev–Trinajstić information content (AvgIpc) is 2.75. The van der Waals surface area contributed by atoms with E-state index in [9.17, 15) is 0 Å². The molecule has 0 saturated heterocycles. The fourth-order valence-corrected chi connectivity index (χ4v) is 3.17. The summed E-state index contributed by atoms with van der Waals surface area (Å²) in [6, 6.07) is 12.2. The molecule has 0 spiro atoms. The number of pyridine rings is 1. The Bertz CT molecular complexity index is 768. The number of nitrogens with zero attached hydrogens (tertiary/aromatic N) is 4. The van der Waals surface area contributed by atoms with Gasteiger partial charge in [0, 0.05) is 28.2 Å². The predicted molar refractivity (Wildman–Crippen MR) is 124 cm³/mol. The van der Waals surface area contributed by atoms with Crippen molar-refractivity contribution < 1.29 is 4.74 Å². The minimum atomic E-state index is 0.629. The van der Waals surface area contributed by atoms with E-state index in [0.29, 0.717) is 19.0 Å². The number of azide groups is 1. The summed E-state index contributed by atoms with van der Waals surface area (Å²) in [4.78, 5) is 7.15. The Morgan fingerprint density at radius 1 is 0.862 bits per heavy atom. The Hall–Kier alpha value is -2.30. The predicted octanol–water partition coefficient (Wildman–Crippen LogP) is 7.82. The summed E-state index contributed by atoms with van der Waals surface area (Å²) in [5, 5.41) is 3.55. The van der Waals surface area contributed by atoms with Crippen LogP contribution in [-0.4, -0.2) is 18.1 Å². The van der Waals surface area contributed by atoms with Crippen molar-refractivity contribution in [3.05, 3.63) is 68.6 Å². The van der Waals surface area contributed by atoms with Crippen LogP contribution in [0.25, 0.3) is 22.6 Å². The maximum Gasteiger partial charge on any atom is 0.213 e. The van der Waals surface area contributed by atoms with Gasteiger partial charge in [0.15, 0.2) is 0 Å². The number of hydrogen-bond donors (Lipinski definition) is 0. The zero-order valence-corrected chi connectivity index (χ0v) is 18.4. The number of benzene rings is 1. The molecule has 2 aromatic rings. The highest BCUT2D eigenvalue weighted by Crippen LogP contribution is 2.15. The van der Waals surface area contributed by atoms with Gasteiger partial charge < -0.3 is 4.74 Å². The van der Waals surface area contributed by atoms with Gasteiger partial charge in [0.25, 0.3) is 0 Å². The standard InChI is InChI=1S/C23H29BrN4O/c24-22-14-11-20(12-15-22)9-10-21-13-16-23(26-19-21)29-18-8-6-4-2-1-3-5-7-17-27-28-25/h9-16,19H,1-8,17-18H2/b10-9+. The van der Waals surface area contributed by atoms with Crippen LogP contribution in [0, 0.1) is 0 Å². The van der Waals surface area contributed by atoms with Gasteiger partial charge in [0.05, 0.1) is 6.61 Å². The van der Waals surface area contributed by atoms with Gasteiger partial charge in [-0.05, 0) is 47.7 Å². The van der Waals surface area contributed by atoms with Gasteiger partial charge in [-0.3, -0.25) is 0 Å². The van der Waals surface area contributed by atoms with Crippen molar-refractivity contribution in [2.45, 2.75) is 51.4 Å². The van der Waals surface area contributed by atoms with Gasteiger partial charge in [-0.1, -0.05) is 83.9 Å². The molecule has 0 amide bonds. The van der Waals surface area contributed by atoms with Crippen LogP contribution in [0.15, 0.2) is 52.2 Å². The Balaban J connectivity index is 1.52. The zero-order valence-electron chi connectivity index (χ0n) is 16.8. The van der Waals surface area contributed by atoms with E-state index in [2.05, 4.69) is 55.2 Å². The third kappa shape index (κ3) is 10.7. The highest BCUT2D eigenvalue weighted by atomic mass is 79.9. The van der Waals surface area contributed by atoms with Crippen molar-refractivity contribution in [3.8, 4) is 5.88 Å². The summed E-state index contributed by atoms with van der Waals surface area (Å²) in [6.45, 7) is 1.34. The monoisotopic (exact) mass is 456 g/mol.